The number of halogens is 1. The van der Waals surface area contributed by atoms with Crippen LogP contribution in [0.25, 0.3) is 11.0 Å². The molecule has 0 aliphatic carbocycles. The number of benzene rings is 2. The molecular weight excluding hydrogens is 301 g/mol. The minimum Gasteiger partial charge on any atom is -0.352 e. The van der Waals surface area contributed by atoms with Crippen LogP contribution in [0, 0.1) is 5.82 Å². The van der Waals surface area contributed by atoms with Crippen LogP contribution < -0.4 is 5.32 Å². The molecule has 0 aliphatic rings. The van der Waals surface area contributed by atoms with Gasteiger partial charge in [-0.1, -0.05) is 12.1 Å². The lowest BCUT2D eigenvalue weighted by Crippen LogP contribution is -2.05. The summed E-state index contributed by atoms with van der Waals surface area (Å²) >= 11 is 0. The zero-order chi connectivity index (χ0) is 15.7. The van der Waals surface area contributed by atoms with E-state index in [1.807, 2.05) is 35.9 Å². The van der Waals surface area contributed by atoms with Crippen LogP contribution in [0.15, 0.2) is 47.4 Å². The number of aryl methyl sites for hydroxylation is 1. The van der Waals surface area contributed by atoms with Crippen LogP contribution in [0.1, 0.15) is 5.56 Å². The van der Waals surface area contributed by atoms with Crippen LogP contribution in [0.4, 0.5) is 10.3 Å². The minimum atomic E-state index is -0.966. The fraction of sp³-hybridized carbons (Fsp3) is 0.188. The summed E-state index contributed by atoms with van der Waals surface area (Å²) < 4.78 is 26.5. The molecule has 6 heteroatoms. The Hall–Kier alpha value is -2.21. The highest BCUT2D eigenvalue weighted by molar-refractivity contribution is 7.84. The zero-order valence-corrected chi connectivity index (χ0v) is 13.2. The molecule has 0 unspecified atom stereocenters. The fourth-order valence-electron chi connectivity index (χ4n) is 2.31. The number of nitrogens with one attached hydrogen (secondary N) is 1. The van der Waals surface area contributed by atoms with E-state index in [2.05, 4.69) is 10.3 Å². The van der Waals surface area contributed by atoms with Gasteiger partial charge in [-0.15, -0.1) is 0 Å². The van der Waals surface area contributed by atoms with Gasteiger partial charge in [0.2, 0.25) is 5.95 Å². The summed E-state index contributed by atoms with van der Waals surface area (Å²) in [6.07, 6.45) is 1.66. The quantitative estimate of drug-likeness (QED) is 0.804. The van der Waals surface area contributed by atoms with Crippen molar-refractivity contribution >= 4 is 27.8 Å². The summed E-state index contributed by atoms with van der Waals surface area (Å²) in [5, 5.41) is 3.24. The molecule has 1 N–H and O–H groups in total. The summed E-state index contributed by atoms with van der Waals surface area (Å²) in [7, 11) is 0.922. The Balaban J connectivity index is 1.78. The lowest BCUT2D eigenvalue weighted by molar-refractivity contribution is 0.629. The van der Waals surface area contributed by atoms with Crippen molar-refractivity contribution in [1.82, 2.24) is 9.55 Å². The second-order valence-corrected chi connectivity index (χ2v) is 6.46. The second kappa shape index (κ2) is 5.88. The Kier molecular flexibility index (Phi) is 3.94. The van der Waals surface area contributed by atoms with Gasteiger partial charge in [0.25, 0.3) is 0 Å². The first-order chi connectivity index (χ1) is 10.5. The topological polar surface area (TPSA) is 46.9 Å². The minimum absolute atomic E-state index is 0.291. The molecule has 0 saturated heterocycles. The van der Waals surface area contributed by atoms with Gasteiger partial charge in [-0.25, -0.2) is 9.37 Å². The predicted octanol–water partition coefficient (Wildman–Crippen LogP) is 3.06. The fourth-order valence-corrected chi connectivity index (χ4v) is 2.83. The molecule has 2 aromatic carbocycles. The lowest BCUT2D eigenvalue weighted by Gasteiger charge is -2.07. The summed E-state index contributed by atoms with van der Waals surface area (Å²) in [6, 6.07) is 12.2. The van der Waals surface area contributed by atoms with E-state index in [1.54, 1.807) is 12.3 Å². The summed E-state index contributed by atoms with van der Waals surface area (Å²) in [5.74, 6) is 0.393. The third kappa shape index (κ3) is 2.87. The van der Waals surface area contributed by atoms with Gasteiger partial charge in [0.1, 0.15) is 5.82 Å². The van der Waals surface area contributed by atoms with Gasteiger partial charge < -0.3 is 9.88 Å². The lowest BCUT2D eigenvalue weighted by atomic mass is 10.2. The predicted molar refractivity (Wildman–Crippen MR) is 86.8 cm³/mol. The number of fused-ring (bicyclic) bond motifs is 1. The smallest absolute Gasteiger partial charge is 0.203 e. The molecule has 114 valence electrons. The Labute approximate surface area is 130 Å². The Morgan fingerprint density at radius 3 is 2.64 bits per heavy atom. The zero-order valence-electron chi connectivity index (χ0n) is 12.3. The van der Waals surface area contributed by atoms with Crippen molar-refractivity contribution in [2.24, 2.45) is 7.05 Å². The average Bonchev–Trinajstić information content (AvgIpc) is 2.81. The van der Waals surface area contributed by atoms with Crippen LogP contribution in [0.5, 0.6) is 0 Å². The molecular formula is C16H16FN3OS. The Bertz CT molecular complexity index is 842. The molecule has 22 heavy (non-hydrogen) atoms. The first-order valence-corrected chi connectivity index (χ1v) is 8.38. The molecule has 0 bridgehead atoms. The number of hydrogen-bond donors (Lipinski definition) is 1. The monoisotopic (exact) mass is 317 g/mol. The van der Waals surface area contributed by atoms with Gasteiger partial charge in [-0.2, -0.15) is 0 Å². The summed E-state index contributed by atoms with van der Waals surface area (Å²) in [4.78, 5) is 5.20. The van der Waals surface area contributed by atoms with E-state index in [0.717, 1.165) is 16.0 Å². The highest BCUT2D eigenvalue weighted by Gasteiger charge is 2.08. The maximum absolute atomic E-state index is 13.2. The number of aromatic nitrogens is 2. The molecule has 0 saturated carbocycles. The number of hydrogen-bond acceptors (Lipinski definition) is 3. The highest BCUT2D eigenvalue weighted by Crippen LogP contribution is 2.19. The van der Waals surface area contributed by atoms with E-state index in [1.165, 1.54) is 12.1 Å². The summed E-state index contributed by atoms with van der Waals surface area (Å²) in [5.41, 5.74) is 2.56. The van der Waals surface area contributed by atoms with Crippen molar-refractivity contribution in [2.45, 2.75) is 11.4 Å². The maximum Gasteiger partial charge on any atom is 0.203 e. The van der Waals surface area contributed by atoms with Gasteiger partial charge in [-0.05, 0) is 29.8 Å². The van der Waals surface area contributed by atoms with E-state index in [9.17, 15) is 8.60 Å². The van der Waals surface area contributed by atoms with E-state index < -0.39 is 10.8 Å². The Morgan fingerprint density at radius 2 is 1.95 bits per heavy atom. The van der Waals surface area contributed by atoms with Gasteiger partial charge in [0.15, 0.2) is 0 Å². The van der Waals surface area contributed by atoms with Crippen LogP contribution in [0.3, 0.4) is 0 Å². The molecule has 0 amide bonds. The van der Waals surface area contributed by atoms with E-state index >= 15 is 0 Å². The number of imidazole rings is 1. The summed E-state index contributed by atoms with van der Waals surface area (Å²) in [6.45, 7) is 0.594. The number of anilines is 1. The van der Waals surface area contributed by atoms with Crippen LogP contribution in [-0.2, 0) is 24.4 Å². The van der Waals surface area contributed by atoms with Gasteiger partial charge in [0, 0.05) is 41.6 Å². The van der Waals surface area contributed by atoms with Crippen LogP contribution in [0.2, 0.25) is 0 Å². The van der Waals surface area contributed by atoms with Crippen molar-refractivity contribution in [1.29, 1.82) is 0 Å². The first-order valence-electron chi connectivity index (χ1n) is 6.83. The third-order valence-electron chi connectivity index (χ3n) is 3.55. The number of nitrogens with zero attached hydrogens (tertiary/aromatic N) is 2. The first kappa shape index (κ1) is 14.7. The van der Waals surface area contributed by atoms with Crippen molar-refractivity contribution in [3.05, 3.63) is 53.8 Å². The van der Waals surface area contributed by atoms with Crippen LogP contribution in [-0.4, -0.2) is 20.0 Å². The van der Waals surface area contributed by atoms with Gasteiger partial charge in [0.05, 0.1) is 11.0 Å². The van der Waals surface area contributed by atoms with Crippen LogP contribution >= 0.6 is 0 Å². The van der Waals surface area contributed by atoms with E-state index in [0.29, 0.717) is 18.0 Å². The normalized spacial score (nSPS) is 12.5. The van der Waals surface area contributed by atoms with E-state index in [4.69, 9.17) is 0 Å². The van der Waals surface area contributed by atoms with Crippen molar-refractivity contribution in [3.8, 4) is 0 Å². The molecule has 3 aromatic rings. The van der Waals surface area contributed by atoms with Crippen molar-refractivity contribution < 1.29 is 8.60 Å². The second-order valence-electron chi connectivity index (χ2n) is 5.08. The molecule has 0 spiro atoms. The molecule has 0 fully saturated rings. The average molecular weight is 317 g/mol. The SMILES string of the molecule is Cn1c(NCc2ccc([S@@](C)=O)cc2)nc2cc(F)ccc21. The Morgan fingerprint density at radius 1 is 1.23 bits per heavy atom. The largest absolute Gasteiger partial charge is 0.352 e. The molecule has 3 rings (SSSR count). The molecule has 1 heterocycles. The van der Waals surface area contributed by atoms with E-state index in [-0.39, 0.29) is 5.82 Å². The van der Waals surface area contributed by atoms with Gasteiger partial charge >= 0.3 is 0 Å². The third-order valence-corrected chi connectivity index (χ3v) is 4.48. The number of rotatable bonds is 4. The van der Waals surface area contributed by atoms with Crippen molar-refractivity contribution in [2.75, 3.05) is 11.6 Å². The standard InChI is InChI=1S/C16H16FN3OS/c1-20-15-8-5-12(17)9-14(15)19-16(20)18-10-11-3-6-13(7-4-11)22(2)21/h3-9H,10H2,1-2H3,(H,18,19)/t22-/m1/s1. The molecule has 1 aromatic heterocycles. The van der Waals surface area contributed by atoms with Gasteiger partial charge in [-0.3, -0.25) is 4.21 Å². The maximum atomic E-state index is 13.2. The molecule has 0 aliphatic heterocycles. The molecule has 0 radical (unpaired) electrons. The van der Waals surface area contributed by atoms with Crippen molar-refractivity contribution in [3.63, 3.8) is 0 Å². The molecule has 4 nitrogen and oxygen atoms in total. The molecule has 1 atom stereocenters. The highest BCUT2D eigenvalue weighted by atomic mass is 32.2.